The lowest BCUT2D eigenvalue weighted by molar-refractivity contribution is -0.172. The molecular weight excluding hydrogens is 863 g/mol. The predicted molar refractivity (Wildman–Crippen MR) is 255 cm³/mol. The predicted octanol–water partition coefficient (Wildman–Crippen LogP) is 8.05. The highest BCUT2D eigenvalue weighted by Gasteiger charge is 2.54. The van der Waals surface area contributed by atoms with Gasteiger partial charge < -0.3 is 43.2 Å². The van der Waals surface area contributed by atoms with E-state index in [1.165, 1.54) is 38.5 Å². The van der Waals surface area contributed by atoms with Crippen LogP contribution in [-0.4, -0.2) is 107 Å². The molecule has 1 N–H and O–H groups in total. The molecular formula is C54H67N5O9. The number of fused-ring (bicyclic) bond motifs is 9. The number of carbonyl (C=O) groups is 2. The standard InChI is InChI=1S/C54H67N5O9/c1-5-54(63)43-29-45-48-35(31-59(45)49(60)41(43)33-65-50(54)61)28-39-40(32-56(3)4)46(14-13-44(39)55-48)68-51(62)58-23-21-57(22-24-58)20-8-6-7-9-25-64-47-15-12-42-38-11-10-34-30-53(66-26-27-67-53)19-17-36(34)37(38)16-18-52(42,47)2/h13-14,16,26-29,38,42,47,63H,5-12,15,17-25,30-33H2,1-4H3/t38-,42+,47+,52+,54+/m1/s1. The van der Waals surface area contributed by atoms with Crippen molar-refractivity contribution in [3.05, 3.63) is 92.2 Å². The van der Waals surface area contributed by atoms with Gasteiger partial charge in [-0.1, -0.05) is 38.3 Å². The monoisotopic (exact) mass is 929 g/mol. The fourth-order valence-corrected chi connectivity index (χ4v) is 13.3. The number of aliphatic hydroxyl groups is 1. The summed E-state index contributed by atoms with van der Waals surface area (Å²) in [5, 5.41) is 12.1. The fourth-order valence-electron chi connectivity index (χ4n) is 13.3. The van der Waals surface area contributed by atoms with Gasteiger partial charge in [-0.3, -0.25) is 9.69 Å². The maximum Gasteiger partial charge on any atom is 0.415 e. The van der Waals surface area contributed by atoms with Crippen LogP contribution in [0.15, 0.2) is 64.4 Å². The van der Waals surface area contributed by atoms with Gasteiger partial charge in [0.15, 0.2) is 5.60 Å². The molecule has 14 nitrogen and oxygen atoms in total. The van der Waals surface area contributed by atoms with Crippen LogP contribution in [0.3, 0.4) is 0 Å². The number of nitrogens with zero attached hydrogens (tertiary/aromatic N) is 5. The summed E-state index contributed by atoms with van der Waals surface area (Å²) in [6.07, 6.45) is 19.5. The minimum absolute atomic E-state index is 0.0798. The number of cyclic esters (lactones) is 1. The van der Waals surface area contributed by atoms with Gasteiger partial charge in [0.1, 0.15) is 24.9 Å². The van der Waals surface area contributed by atoms with Gasteiger partial charge in [-0.05, 0) is 126 Å². The van der Waals surface area contributed by atoms with Crippen LogP contribution in [0.25, 0.3) is 22.3 Å². The van der Waals surface area contributed by atoms with Crippen molar-refractivity contribution in [2.75, 3.05) is 53.4 Å². The highest BCUT2D eigenvalue weighted by molar-refractivity contribution is 5.90. The number of ether oxygens (including phenoxy) is 5. The number of carbonyl (C=O) groups excluding carboxylic acids is 2. The van der Waals surface area contributed by atoms with E-state index in [0.717, 1.165) is 81.3 Å². The molecule has 5 atom stereocenters. The first-order valence-corrected chi connectivity index (χ1v) is 25.4. The number of hydrogen-bond acceptors (Lipinski definition) is 12. The Labute approximate surface area is 398 Å². The second kappa shape index (κ2) is 17.7. The van der Waals surface area contributed by atoms with Gasteiger partial charge >= 0.3 is 12.1 Å². The van der Waals surface area contributed by atoms with E-state index in [0.29, 0.717) is 60.2 Å². The zero-order valence-electron chi connectivity index (χ0n) is 40.3. The topological polar surface area (TPSA) is 145 Å². The Balaban J connectivity index is 0.647. The zero-order chi connectivity index (χ0) is 47.0. The Morgan fingerprint density at radius 2 is 1.81 bits per heavy atom. The molecule has 0 bridgehead atoms. The molecule has 1 spiro atoms. The van der Waals surface area contributed by atoms with E-state index in [1.54, 1.807) is 51.7 Å². The van der Waals surface area contributed by atoms with E-state index >= 15 is 0 Å². The van der Waals surface area contributed by atoms with Crippen molar-refractivity contribution in [3.63, 3.8) is 0 Å². The quantitative estimate of drug-likeness (QED) is 0.108. The number of pyridine rings is 2. The van der Waals surface area contributed by atoms with Gasteiger partial charge in [0.25, 0.3) is 11.3 Å². The van der Waals surface area contributed by atoms with Crippen molar-refractivity contribution in [3.8, 4) is 17.1 Å². The molecule has 362 valence electrons. The summed E-state index contributed by atoms with van der Waals surface area (Å²) in [5.74, 6) is 0.668. The molecule has 1 amide bonds. The van der Waals surface area contributed by atoms with Crippen molar-refractivity contribution in [2.45, 2.75) is 135 Å². The zero-order valence-corrected chi connectivity index (χ0v) is 40.3. The van der Waals surface area contributed by atoms with E-state index in [4.69, 9.17) is 28.7 Å². The summed E-state index contributed by atoms with van der Waals surface area (Å²) >= 11 is 0. The van der Waals surface area contributed by atoms with Crippen molar-refractivity contribution in [1.82, 2.24) is 24.3 Å². The Morgan fingerprint density at radius 1 is 1.00 bits per heavy atom. The van der Waals surface area contributed by atoms with Crippen LogP contribution >= 0.6 is 0 Å². The lowest BCUT2D eigenvalue weighted by Crippen LogP contribution is -2.49. The van der Waals surface area contributed by atoms with Crippen LogP contribution in [-0.2, 0) is 49.0 Å². The Hall–Kier alpha value is -5.02. The van der Waals surface area contributed by atoms with E-state index < -0.39 is 17.4 Å². The molecule has 0 radical (unpaired) electrons. The van der Waals surface area contributed by atoms with Crippen LogP contribution in [0.4, 0.5) is 4.79 Å². The van der Waals surface area contributed by atoms with Crippen molar-refractivity contribution >= 4 is 23.0 Å². The highest BCUT2D eigenvalue weighted by Crippen LogP contribution is 2.60. The van der Waals surface area contributed by atoms with Crippen LogP contribution in [0.1, 0.15) is 120 Å². The first-order chi connectivity index (χ1) is 32.9. The number of allylic oxidation sites excluding steroid dienone is 3. The molecule has 1 saturated heterocycles. The number of hydrogen-bond donors (Lipinski definition) is 1. The summed E-state index contributed by atoms with van der Waals surface area (Å²) in [5.41, 5.74) is 7.01. The van der Waals surface area contributed by atoms with Crippen molar-refractivity contribution in [1.29, 1.82) is 0 Å². The Kier molecular flexibility index (Phi) is 11.9. The molecule has 1 aromatic carbocycles. The summed E-state index contributed by atoms with van der Waals surface area (Å²) in [6.45, 7) is 9.54. The summed E-state index contributed by atoms with van der Waals surface area (Å²) in [6, 6.07) is 7.41. The second-order valence-electron chi connectivity index (χ2n) is 21.3. The molecule has 14 heteroatoms. The van der Waals surface area contributed by atoms with E-state index in [2.05, 4.69) is 17.9 Å². The average Bonchev–Trinajstić information content (AvgIpc) is 4.05. The lowest BCUT2D eigenvalue weighted by Gasteiger charge is -2.48. The minimum Gasteiger partial charge on any atom is -0.458 e. The maximum absolute atomic E-state index is 13.7. The van der Waals surface area contributed by atoms with E-state index in [-0.39, 0.29) is 47.8 Å². The average molecular weight is 930 g/mol. The highest BCUT2D eigenvalue weighted by atomic mass is 16.7. The first kappa shape index (κ1) is 45.4. The van der Waals surface area contributed by atoms with Gasteiger partial charge in [-0.15, -0.1) is 0 Å². The molecule has 2 aromatic heterocycles. The Morgan fingerprint density at radius 3 is 2.60 bits per heavy atom. The second-order valence-corrected chi connectivity index (χ2v) is 21.3. The van der Waals surface area contributed by atoms with E-state index in [9.17, 15) is 19.5 Å². The van der Waals surface area contributed by atoms with Crippen molar-refractivity contribution < 1.29 is 38.4 Å². The number of amides is 1. The van der Waals surface area contributed by atoms with Gasteiger partial charge in [-0.25, -0.2) is 14.6 Å². The van der Waals surface area contributed by atoms with Gasteiger partial charge in [-0.2, -0.15) is 0 Å². The molecule has 1 saturated carbocycles. The third kappa shape index (κ3) is 7.77. The molecule has 8 aliphatic rings. The smallest absolute Gasteiger partial charge is 0.415 e. The van der Waals surface area contributed by atoms with Crippen LogP contribution in [0.5, 0.6) is 5.75 Å². The molecule has 11 rings (SSSR count). The number of esters is 1. The Bertz CT molecular complexity index is 2670. The lowest BCUT2D eigenvalue weighted by atomic mass is 9.58. The molecule has 68 heavy (non-hydrogen) atoms. The minimum atomic E-state index is -1.89. The number of rotatable bonds is 12. The number of aromatic nitrogens is 2. The van der Waals surface area contributed by atoms with Gasteiger partial charge in [0.05, 0.1) is 35.1 Å². The SMILES string of the molecule is CC[C@@]1(O)C(=O)OCc2c1cc1n(c2=O)Cc2cc3c(CN(C)C)c(OC(=O)N4CCN(CCCCCCO[C@H]5CC[C@H]6[C@@H]7CCC8=C(CCC9(C8)OC=CO9)C7=CC[C@]56C)CC4)ccc3nc2-1. The number of benzene rings is 1. The van der Waals surface area contributed by atoms with Crippen molar-refractivity contribution in [2.24, 2.45) is 17.3 Å². The molecule has 3 aromatic rings. The van der Waals surface area contributed by atoms with E-state index in [1.807, 2.05) is 37.2 Å². The van der Waals surface area contributed by atoms with Gasteiger partial charge in [0, 0.05) is 79.7 Å². The van der Waals surface area contributed by atoms with Crippen LogP contribution in [0.2, 0.25) is 0 Å². The van der Waals surface area contributed by atoms with Crippen LogP contribution in [0, 0.1) is 17.3 Å². The first-order valence-electron chi connectivity index (χ1n) is 25.4. The third-order valence-electron chi connectivity index (χ3n) is 17.1. The summed E-state index contributed by atoms with van der Waals surface area (Å²) < 4.78 is 31.6. The summed E-state index contributed by atoms with van der Waals surface area (Å²) in [7, 11) is 3.94. The number of unbranched alkanes of at least 4 members (excludes halogenated alkanes) is 3. The molecule has 2 fully saturated rings. The number of piperazine rings is 1. The van der Waals surface area contributed by atoms with Crippen LogP contribution < -0.4 is 10.3 Å². The maximum atomic E-state index is 13.7. The molecule has 4 aliphatic heterocycles. The normalized spacial score (nSPS) is 27.8. The van der Waals surface area contributed by atoms with Gasteiger partial charge in [0.2, 0.25) is 0 Å². The summed E-state index contributed by atoms with van der Waals surface area (Å²) in [4.78, 5) is 51.4. The largest absolute Gasteiger partial charge is 0.458 e. The molecule has 0 unspecified atom stereocenters. The third-order valence-corrected chi connectivity index (χ3v) is 17.1. The molecule has 4 aliphatic carbocycles. The molecule has 6 heterocycles. The fraction of sp³-hybridized carbons (Fsp3) is 0.593.